The van der Waals surface area contributed by atoms with Gasteiger partial charge in [-0.15, -0.1) is 0 Å². The molecule has 0 unspecified atom stereocenters. The van der Waals surface area contributed by atoms with Gasteiger partial charge in [0.15, 0.2) is 0 Å². The first-order chi connectivity index (χ1) is 7.04. The maximum Gasteiger partial charge on any atom is 0.320 e. The van der Waals surface area contributed by atoms with Crippen molar-refractivity contribution in [1.29, 1.82) is 0 Å². The van der Waals surface area contributed by atoms with E-state index in [4.69, 9.17) is 5.11 Å². The summed E-state index contributed by atoms with van der Waals surface area (Å²) in [5.41, 5.74) is 0. The van der Waals surface area contributed by atoms with Crippen LogP contribution in [0.25, 0.3) is 0 Å². The number of aliphatic carboxylic acids is 1. The van der Waals surface area contributed by atoms with Crippen molar-refractivity contribution in [2.45, 2.75) is 46.1 Å². The molecule has 1 aliphatic heterocycles. The summed E-state index contributed by atoms with van der Waals surface area (Å²) in [7, 11) is 0. The Morgan fingerprint density at radius 2 is 2.20 bits per heavy atom. The van der Waals surface area contributed by atoms with Gasteiger partial charge >= 0.3 is 5.97 Å². The molecule has 3 heteroatoms. The highest BCUT2D eigenvalue weighted by Gasteiger charge is 2.31. The fourth-order valence-electron chi connectivity index (χ4n) is 2.59. The minimum Gasteiger partial charge on any atom is -0.480 e. The van der Waals surface area contributed by atoms with Crippen LogP contribution in [0.3, 0.4) is 0 Å². The summed E-state index contributed by atoms with van der Waals surface area (Å²) in [5, 5.41) is 9.06. The molecular weight excluding hydrogens is 190 g/mol. The molecule has 1 saturated heterocycles. The quantitative estimate of drug-likeness (QED) is 0.761. The first-order valence-electron chi connectivity index (χ1n) is 6.01. The van der Waals surface area contributed by atoms with E-state index in [1.807, 2.05) is 6.92 Å². The molecule has 0 saturated carbocycles. The molecule has 1 aliphatic rings. The van der Waals surface area contributed by atoms with Crippen LogP contribution < -0.4 is 0 Å². The van der Waals surface area contributed by atoms with Crippen LogP contribution in [0.1, 0.15) is 40.0 Å². The predicted octanol–water partition coefficient (Wildman–Crippen LogP) is 2.22. The lowest BCUT2D eigenvalue weighted by Crippen LogP contribution is -2.39. The Morgan fingerprint density at radius 3 is 2.67 bits per heavy atom. The van der Waals surface area contributed by atoms with Crippen LogP contribution >= 0.6 is 0 Å². The topological polar surface area (TPSA) is 40.5 Å². The van der Waals surface area contributed by atoms with Crippen molar-refractivity contribution in [1.82, 2.24) is 4.90 Å². The second-order valence-corrected chi connectivity index (χ2v) is 5.04. The maximum atomic E-state index is 11.0. The molecule has 1 heterocycles. The predicted molar refractivity (Wildman–Crippen MR) is 60.8 cm³/mol. The Hall–Kier alpha value is -0.570. The molecule has 2 atom stereocenters. The molecule has 1 rings (SSSR count). The van der Waals surface area contributed by atoms with Gasteiger partial charge in [-0.25, -0.2) is 0 Å². The summed E-state index contributed by atoms with van der Waals surface area (Å²) in [6, 6.07) is -0.262. The third kappa shape index (κ3) is 3.49. The molecule has 88 valence electrons. The van der Waals surface area contributed by atoms with Crippen LogP contribution in [0.2, 0.25) is 0 Å². The molecule has 15 heavy (non-hydrogen) atoms. The van der Waals surface area contributed by atoms with Crippen LogP contribution in [-0.2, 0) is 4.79 Å². The van der Waals surface area contributed by atoms with Gasteiger partial charge < -0.3 is 5.11 Å². The lowest BCUT2D eigenvalue weighted by atomic mass is 9.97. The molecule has 0 spiro atoms. The highest BCUT2D eigenvalue weighted by atomic mass is 16.4. The van der Waals surface area contributed by atoms with Gasteiger partial charge in [0.2, 0.25) is 0 Å². The molecule has 0 aliphatic carbocycles. The van der Waals surface area contributed by atoms with E-state index in [1.54, 1.807) is 0 Å². The summed E-state index contributed by atoms with van der Waals surface area (Å²) in [6.45, 7) is 8.36. The number of hydrogen-bond acceptors (Lipinski definition) is 2. The largest absolute Gasteiger partial charge is 0.480 e. The van der Waals surface area contributed by atoms with Gasteiger partial charge in [-0.3, -0.25) is 9.69 Å². The molecule has 0 bridgehead atoms. The molecule has 0 amide bonds. The molecular formula is C12H23NO2. The van der Waals surface area contributed by atoms with Gasteiger partial charge in [-0.05, 0) is 37.6 Å². The molecule has 1 N–H and O–H groups in total. The normalized spacial score (nSPS) is 24.7. The zero-order valence-corrected chi connectivity index (χ0v) is 10.1. The van der Waals surface area contributed by atoms with E-state index in [1.165, 1.54) is 12.8 Å². The molecule has 1 fully saturated rings. The van der Waals surface area contributed by atoms with Crippen LogP contribution in [0, 0.1) is 11.8 Å². The number of carbonyl (C=O) groups is 1. The van der Waals surface area contributed by atoms with E-state index in [0.29, 0.717) is 12.3 Å². The lowest BCUT2D eigenvalue weighted by Gasteiger charge is -2.23. The number of carboxylic acid groups (broad SMARTS) is 1. The van der Waals surface area contributed by atoms with Gasteiger partial charge in [-0.2, -0.15) is 0 Å². The minimum atomic E-state index is -0.664. The van der Waals surface area contributed by atoms with Gasteiger partial charge in [0.25, 0.3) is 0 Å². The van der Waals surface area contributed by atoms with Crippen molar-refractivity contribution >= 4 is 5.97 Å². The van der Waals surface area contributed by atoms with E-state index in [2.05, 4.69) is 18.7 Å². The van der Waals surface area contributed by atoms with E-state index >= 15 is 0 Å². The average molecular weight is 213 g/mol. The average Bonchev–Trinajstić information content (AvgIpc) is 2.52. The Morgan fingerprint density at radius 1 is 1.53 bits per heavy atom. The Bertz CT molecular complexity index is 216. The van der Waals surface area contributed by atoms with E-state index < -0.39 is 5.97 Å². The summed E-state index contributed by atoms with van der Waals surface area (Å²) in [5.74, 6) is 0.765. The van der Waals surface area contributed by atoms with Crippen LogP contribution in [0.4, 0.5) is 0 Å². The maximum absolute atomic E-state index is 11.0. The number of carboxylic acids is 1. The third-order valence-corrected chi connectivity index (χ3v) is 3.23. The standard InChI is InChI=1S/C12H23NO2/c1-4-11(12(14)15)13-6-5-10(8-13)7-9(2)3/h9-11H,4-8H2,1-3H3,(H,14,15)/t10-,11+/m1/s1. The molecule has 3 nitrogen and oxygen atoms in total. The van der Waals surface area contributed by atoms with Crippen LogP contribution in [-0.4, -0.2) is 35.1 Å². The first kappa shape index (κ1) is 12.5. The van der Waals surface area contributed by atoms with Gasteiger partial charge in [0, 0.05) is 6.54 Å². The Kier molecular flexibility index (Phi) is 4.58. The van der Waals surface area contributed by atoms with Gasteiger partial charge in [0.1, 0.15) is 6.04 Å². The fraction of sp³-hybridized carbons (Fsp3) is 0.917. The summed E-state index contributed by atoms with van der Waals surface area (Å²) < 4.78 is 0. The Balaban J connectivity index is 2.44. The summed E-state index contributed by atoms with van der Waals surface area (Å²) in [6.07, 6.45) is 3.11. The highest BCUT2D eigenvalue weighted by molar-refractivity contribution is 5.73. The second-order valence-electron chi connectivity index (χ2n) is 5.04. The third-order valence-electron chi connectivity index (χ3n) is 3.23. The highest BCUT2D eigenvalue weighted by Crippen LogP contribution is 2.25. The zero-order valence-electron chi connectivity index (χ0n) is 10.1. The number of nitrogens with zero attached hydrogens (tertiary/aromatic N) is 1. The first-order valence-corrected chi connectivity index (χ1v) is 6.01. The van der Waals surface area contributed by atoms with Gasteiger partial charge in [-0.1, -0.05) is 20.8 Å². The molecule has 0 aromatic carbocycles. The van der Waals surface area contributed by atoms with Gasteiger partial charge in [0.05, 0.1) is 0 Å². The SMILES string of the molecule is CC[C@@H](C(=O)O)N1CC[C@H](CC(C)C)C1. The van der Waals surface area contributed by atoms with Crippen molar-refractivity contribution in [3.63, 3.8) is 0 Å². The molecule has 0 aromatic heterocycles. The minimum absolute atomic E-state index is 0.262. The number of rotatable bonds is 5. The van der Waals surface area contributed by atoms with Crippen molar-refractivity contribution < 1.29 is 9.90 Å². The zero-order chi connectivity index (χ0) is 11.4. The van der Waals surface area contributed by atoms with Crippen molar-refractivity contribution in [2.75, 3.05) is 13.1 Å². The summed E-state index contributed by atoms with van der Waals surface area (Å²) in [4.78, 5) is 13.1. The number of likely N-dealkylation sites (tertiary alicyclic amines) is 1. The Labute approximate surface area is 92.5 Å². The van der Waals surface area contributed by atoms with Crippen molar-refractivity contribution in [2.24, 2.45) is 11.8 Å². The van der Waals surface area contributed by atoms with Crippen LogP contribution in [0.5, 0.6) is 0 Å². The second kappa shape index (κ2) is 5.50. The lowest BCUT2D eigenvalue weighted by molar-refractivity contribution is -0.143. The monoisotopic (exact) mass is 213 g/mol. The molecule has 0 radical (unpaired) electrons. The van der Waals surface area contributed by atoms with E-state index in [-0.39, 0.29) is 6.04 Å². The van der Waals surface area contributed by atoms with Crippen molar-refractivity contribution in [3.8, 4) is 0 Å². The van der Waals surface area contributed by atoms with E-state index in [9.17, 15) is 4.79 Å². The smallest absolute Gasteiger partial charge is 0.320 e. The number of hydrogen-bond donors (Lipinski definition) is 1. The summed E-state index contributed by atoms with van der Waals surface area (Å²) >= 11 is 0. The molecule has 0 aromatic rings. The van der Waals surface area contributed by atoms with E-state index in [0.717, 1.165) is 19.0 Å². The fourth-order valence-corrected chi connectivity index (χ4v) is 2.59. The van der Waals surface area contributed by atoms with Crippen LogP contribution in [0.15, 0.2) is 0 Å². The van der Waals surface area contributed by atoms with Crippen molar-refractivity contribution in [3.05, 3.63) is 0 Å².